The third-order valence-electron chi connectivity index (χ3n) is 12.9. The number of carbonyl (C=O) groups is 1. The quantitative estimate of drug-likeness (QED) is 0.349. The van der Waals surface area contributed by atoms with Gasteiger partial charge in [-0.2, -0.15) is 0 Å². The van der Waals surface area contributed by atoms with E-state index >= 15 is 0 Å². The molecule has 0 amide bonds. The lowest BCUT2D eigenvalue weighted by Crippen LogP contribution is -2.61. The van der Waals surface area contributed by atoms with Crippen LogP contribution in [0.15, 0.2) is 11.1 Å². The first kappa shape index (κ1) is 28.1. The van der Waals surface area contributed by atoms with Crippen molar-refractivity contribution in [1.29, 1.82) is 0 Å². The Morgan fingerprint density at radius 1 is 1.10 bits per heavy atom. The Hall–Kier alpha value is -0.990. The maximum Gasteiger partial charge on any atom is 0.303 e. The fourth-order valence-corrected chi connectivity index (χ4v) is 11.2. The number of rotatable bonds is 3. The van der Waals surface area contributed by atoms with Crippen molar-refractivity contribution in [2.24, 2.45) is 34.0 Å². The molecule has 220 valence electrons. The van der Waals surface area contributed by atoms with Crippen molar-refractivity contribution in [3.8, 4) is 0 Å². The summed E-state index contributed by atoms with van der Waals surface area (Å²) in [7, 11) is 0. The van der Waals surface area contributed by atoms with Crippen LogP contribution < -0.4 is 0 Å². The zero-order chi connectivity index (χ0) is 28.6. The molecule has 0 aromatic rings. The van der Waals surface area contributed by atoms with Gasteiger partial charge < -0.3 is 29.5 Å². The fourth-order valence-electron chi connectivity index (χ4n) is 11.2. The molecule has 3 N–H and O–H groups in total. The summed E-state index contributed by atoms with van der Waals surface area (Å²) in [4.78, 5) is 12.0. The highest BCUT2D eigenvalue weighted by molar-refractivity contribution is 5.66. The van der Waals surface area contributed by atoms with Gasteiger partial charge in [0.15, 0.2) is 11.9 Å². The highest BCUT2D eigenvalue weighted by atomic mass is 16.7. The Morgan fingerprint density at radius 3 is 2.44 bits per heavy atom. The number of aliphatic hydroxyl groups excluding tert-OH is 1. The van der Waals surface area contributed by atoms with Gasteiger partial charge in [-0.05, 0) is 87.9 Å². The molecule has 3 heterocycles. The number of hydrogen-bond acceptors (Lipinski definition) is 7. The Morgan fingerprint density at radius 2 is 1.79 bits per heavy atom. The molecule has 3 saturated heterocycles. The first-order valence-electron chi connectivity index (χ1n) is 15.3. The van der Waals surface area contributed by atoms with E-state index in [1.54, 1.807) is 13.8 Å². The molecule has 11 atom stereocenters. The SMILES string of the molecule is CC(=O)OC(C1CC(C)C2C(O)(O1)C(O)C1(C)C3=C(CCC21C)CC12CCC(O1)C(C)(C)C2CC3)C(C)(C)O. The number of hydrogen-bond donors (Lipinski definition) is 3. The van der Waals surface area contributed by atoms with Crippen molar-refractivity contribution in [3.63, 3.8) is 0 Å². The Labute approximate surface area is 233 Å². The molecule has 3 aliphatic carbocycles. The Balaban J connectivity index is 1.39. The summed E-state index contributed by atoms with van der Waals surface area (Å²) in [6.07, 6.45) is 4.96. The van der Waals surface area contributed by atoms with E-state index in [0.717, 1.165) is 44.9 Å². The van der Waals surface area contributed by atoms with Crippen LogP contribution in [0.1, 0.15) is 107 Å². The largest absolute Gasteiger partial charge is 0.457 e. The van der Waals surface area contributed by atoms with Crippen molar-refractivity contribution < 1.29 is 34.3 Å². The first-order valence-corrected chi connectivity index (χ1v) is 15.3. The van der Waals surface area contributed by atoms with Crippen LogP contribution in [0.3, 0.4) is 0 Å². The molecule has 4 fully saturated rings. The minimum Gasteiger partial charge on any atom is -0.457 e. The zero-order valence-corrected chi connectivity index (χ0v) is 25.2. The van der Waals surface area contributed by atoms with E-state index in [1.165, 1.54) is 18.1 Å². The van der Waals surface area contributed by atoms with Crippen molar-refractivity contribution >= 4 is 5.97 Å². The van der Waals surface area contributed by atoms with Crippen LogP contribution in [0.4, 0.5) is 0 Å². The van der Waals surface area contributed by atoms with Crippen molar-refractivity contribution in [3.05, 3.63) is 11.1 Å². The lowest BCUT2D eigenvalue weighted by atomic mass is 9.52. The molecule has 7 nitrogen and oxygen atoms in total. The van der Waals surface area contributed by atoms with Gasteiger partial charge in [0.1, 0.15) is 12.2 Å². The third-order valence-corrected chi connectivity index (χ3v) is 12.9. The minimum absolute atomic E-state index is 0.0145. The molecule has 1 spiro atoms. The predicted molar refractivity (Wildman–Crippen MR) is 145 cm³/mol. The van der Waals surface area contributed by atoms with E-state index in [0.29, 0.717) is 18.4 Å². The van der Waals surface area contributed by atoms with Gasteiger partial charge in [0.05, 0.1) is 17.3 Å². The molecule has 6 aliphatic rings. The molecule has 39 heavy (non-hydrogen) atoms. The topological polar surface area (TPSA) is 105 Å². The van der Waals surface area contributed by atoms with Crippen molar-refractivity contribution in [2.75, 3.05) is 0 Å². The lowest BCUT2D eigenvalue weighted by molar-refractivity contribution is -0.341. The highest BCUT2D eigenvalue weighted by Crippen LogP contribution is 2.74. The van der Waals surface area contributed by atoms with E-state index in [-0.39, 0.29) is 28.3 Å². The summed E-state index contributed by atoms with van der Waals surface area (Å²) >= 11 is 0. The van der Waals surface area contributed by atoms with Gasteiger partial charge in [-0.25, -0.2) is 0 Å². The molecule has 7 heteroatoms. The summed E-state index contributed by atoms with van der Waals surface area (Å²) in [5.74, 6) is -2.14. The highest BCUT2D eigenvalue weighted by Gasteiger charge is 2.77. The molecule has 1 saturated carbocycles. The van der Waals surface area contributed by atoms with Crippen LogP contribution in [0.5, 0.6) is 0 Å². The molecule has 2 bridgehead atoms. The number of fused-ring (bicyclic) bond motifs is 5. The predicted octanol–water partition coefficient (Wildman–Crippen LogP) is 4.65. The summed E-state index contributed by atoms with van der Waals surface area (Å²) in [6, 6.07) is 0. The normalized spacial score (nSPS) is 50.9. The molecule has 0 aromatic carbocycles. The van der Waals surface area contributed by atoms with Gasteiger partial charge in [0.2, 0.25) is 0 Å². The molecule has 11 unspecified atom stereocenters. The first-order chi connectivity index (χ1) is 17.9. The van der Waals surface area contributed by atoms with E-state index in [1.807, 2.05) is 0 Å². The Kier molecular flexibility index (Phi) is 5.99. The third kappa shape index (κ3) is 3.49. The second kappa shape index (κ2) is 8.31. The number of esters is 1. The van der Waals surface area contributed by atoms with Crippen LogP contribution >= 0.6 is 0 Å². The van der Waals surface area contributed by atoms with Crippen LogP contribution in [0.2, 0.25) is 0 Å². The molecule has 6 rings (SSSR count). The van der Waals surface area contributed by atoms with E-state index < -0.39 is 41.1 Å². The number of carbonyl (C=O) groups excluding carboxylic acids is 1. The molecular weight excluding hydrogens is 496 g/mol. The maximum absolute atomic E-state index is 12.4. The average molecular weight is 547 g/mol. The van der Waals surface area contributed by atoms with Crippen molar-refractivity contribution in [1.82, 2.24) is 0 Å². The van der Waals surface area contributed by atoms with Gasteiger partial charge >= 0.3 is 5.97 Å². The molecule has 0 radical (unpaired) electrons. The number of aliphatic hydroxyl groups is 3. The van der Waals surface area contributed by atoms with Crippen LogP contribution in [0, 0.1) is 34.0 Å². The Bertz CT molecular complexity index is 1090. The number of ether oxygens (including phenoxy) is 3. The molecule has 0 aromatic heterocycles. The van der Waals surface area contributed by atoms with Crippen LogP contribution in [-0.4, -0.2) is 62.7 Å². The van der Waals surface area contributed by atoms with E-state index in [9.17, 15) is 20.1 Å². The van der Waals surface area contributed by atoms with Crippen LogP contribution in [-0.2, 0) is 19.0 Å². The molecule has 3 aliphatic heterocycles. The summed E-state index contributed by atoms with van der Waals surface area (Å²) < 4.78 is 18.8. The average Bonchev–Trinajstić information content (AvgIpc) is 3.30. The fraction of sp³-hybridized carbons (Fsp3) is 0.906. The van der Waals surface area contributed by atoms with Gasteiger partial charge in [-0.15, -0.1) is 0 Å². The second-order valence-electron chi connectivity index (χ2n) is 15.7. The maximum atomic E-state index is 12.4. The zero-order valence-electron chi connectivity index (χ0n) is 25.2. The standard InChI is InChI=1S/C32H50O7/c1-17-15-21(25(28(5,6)35)37-18(2)33)38-32(36)24(17)29(7)13-11-19-16-31-14-12-23(39-31)27(3,4)22(31)10-9-20(19)30(29,8)26(32)34/h17,21-26,34-36H,9-16H2,1-8H3. The summed E-state index contributed by atoms with van der Waals surface area (Å²) in [5.41, 5.74) is 0.379. The second-order valence-corrected chi connectivity index (χ2v) is 15.7. The minimum atomic E-state index is -1.81. The smallest absolute Gasteiger partial charge is 0.303 e. The lowest BCUT2D eigenvalue weighted by Gasteiger charge is -2.53. The van der Waals surface area contributed by atoms with Gasteiger partial charge in [-0.1, -0.05) is 45.8 Å². The van der Waals surface area contributed by atoms with Gasteiger partial charge in [0.25, 0.3) is 0 Å². The van der Waals surface area contributed by atoms with Crippen molar-refractivity contribution in [2.45, 2.75) is 148 Å². The summed E-state index contributed by atoms with van der Waals surface area (Å²) in [5, 5.41) is 35.6. The monoisotopic (exact) mass is 546 g/mol. The summed E-state index contributed by atoms with van der Waals surface area (Å²) in [6.45, 7) is 15.8. The van der Waals surface area contributed by atoms with E-state index in [2.05, 4.69) is 34.6 Å². The van der Waals surface area contributed by atoms with E-state index in [4.69, 9.17) is 14.2 Å². The molecular formula is C32H50O7. The van der Waals surface area contributed by atoms with Gasteiger partial charge in [-0.3, -0.25) is 4.79 Å². The van der Waals surface area contributed by atoms with Crippen LogP contribution in [0.25, 0.3) is 0 Å². The van der Waals surface area contributed by atoms with Gasteiger partial charge in [0, 0.05) is 18.3 Å².